The summed E-state index contributed by atoms with van der Waals surface area (Å²) in [4.78, 5) is 0. The fourth-order valence-electron chi connectivity index (χ4n) is 2.80. The zero-order chi connectivity index (χ0) is 17.9. The van der Waals surface area contributed by atoms with Gasteiger partial charge in [0, 0.05) is 9.49 Å². The average molecular weight is 443 g/mol. The molecule has 3 rings (SSSR count). The van der Waals surface area contributed by atoms with E-state index >= 15 is 0 Å². The third-order valence-corrected chi connectivity index (χ3v) is 4.96. The summed E-state index contributed by atoms with van der Waals surface area (Å²) in [5.74, 6) is 0.297. The standard InChI is InChI=1S/C19H15I.C4H11N/c20-18-14-8-7-13-17(18)19(15-9-3-1-4-10-15)16-11-5-2-6-12-16;1-3-5-4-2/h1-14,19H;5H,3-4H2,1-2H3. The molecule has 0 unspecified atom stereocenters. The number of rotatable bonds is 5. The van der Waals surface area contributed by atoms with Gasteiger partial charge < -0.3 is 5.32 Å². The van der Waals surface area contributed by atoms with E-state index in [9.17, 15) is 0 Å². The van der Waals surface area contributed by atoms with Gasteiger partial charge in [-0.25, -0.2) is 0 Å². The van der Waals surface area contributed by atoms with Gasteiger partial charge in [-0.1, -0.05) is 92.7 Å². The molecular weight excluding hydrogens is 417 g/mol. The van der Waals surface area contributed by atoms with E-state index in [1.165, 1.54) is 20.3 Å². The lowest BCUT2D eigenvalue weighted by molar-refractivity contribution is 0.762. The van der Waals surface area contributed by atoms with Crippen LogP contribution in [-0.2, 0) is 0 Å². The Morgan fingerprint density at radius 1 is 0.680 bits per heavy atom. The van der Waals surface area contributed by atoms with Crippen molar-refractivity contribution in [3.05, 3.63) is 105 Å². The SMILES string of the molecule is CCNCC.Ic1ccccc1C(c1ccccc1)c1ccccc1. The van der Waals surface area contributed by atoms with Crippen molar-refractivity contribution in [2.75, 3.05) is 13.1 Å². The molecule has 0 aromatic heterocycles. The molecule has 0 spiro atoms. The maximum absolute atomic E-state index is 3.11. The van der Waals surface area contributed by atoms with Crippen LogP contribution in [0.4, 0.5) is 0 Å². The Morgan fingerprint density at radius 2 is 1.12 bits per heavy atom. The van der Waals surface area contributed by atoms with Crippen LogP contribution in [0, 0.1) is 3.57 Å². The van der Waals surface area contributed by atoms with Crippen molar-refractivity contribution in [1.82, 2.24) is 5.32 Å². The minimum Gasteiger partial charge on any atom is -0.317 e. The Labute approximate surface area is 165 Å². The van der Waals surface area contributed by atoms with E-state index in [0.717, 1.165) is 13.1 Å². The molecule has 0 aliphatic heterocycles. The van der Waals surface area contributed by atoms with Crippen LogP contribution in [0.5, 0.6) is 0 Å². The lowest BCUT2D eigenvalue weighted by Gasteiger charge is -2.20. The summed E-state index contributed by atoms with van der Waals surface area (Å²) in [6.07, 6.45) is 0. The molecule has 25 heavy (non-hydrogen) atoms. The van der Waals surface area contributed by atoms with Crippen molar-refractivity contribution in [1.29, 1.82) is 0 Å². The molecule has 0 radical (unpaired) electrons. The molecule has 0 bridgehead atoms. The second-order valence-corrected chi connectivity index (χ2v) is 6.90. The quantitative estimate of drug-likeness (QED) is 0.372. The van der Waals surface area contributed by atoms with E-state index in [1.807, 2.05) is 0 Å². The molecule has 3 aromatic rings. The Hall–Kier alpha value is -1.65. The maximum atomic E-state index is 3.11. The van der Waals surface area contributed by atoms with Crippen LogP contribution in [-0.4, -0.2) is 13.1 Å². The van der Waals surface area contributed by atoms with E-state index in [1.54, 1.807) is 0 Å². The first-order chi connectivity index (χ1) is 12.3. The highest BCUT2D eigenvalue weighted by Crippen LogP contribution is 2.34. The predicted octanol–water partition coefficient (Wildman–Crippen LogP) is 6.09. The van der Waals surface area contributed by atoms with Crippen LogP contribution in [0.25, 0.3) is 0 Å². The summed E-state index contributed by atoms with van der Waals surface area (Å²) >= 11 is 2.43. The number of hydrogen-bond acceptors (Lipinski definition) is 1. The molecule has 0 saturated heterocycles. The summed E-state index contributed by atoms with van der Waals surface area (Å²) < 4.78 is 1.31. The van der Waals surface area contributed by atoms with Crippen molar-refractivity contribution in [3.8, 4) is 0 Å². The molecule has 0 atom stereocenters. The van der Waals surface area contributed by atoms with Gasteiger partial charge >= 0.3 is 0 Å². The van der Waals surface area contributed by atoms with Gasteiger partial charge in [0.1, 0.15) is 0 Å². The molecule has 0 fully saturated rings. The van der Waals surface area contributed by atoms with Crippen molar-refractivity contribution in [3.63, 3.8) is 0 Å². The Bertz CT molecular complexity index is 684. The van der Waals surface area contributed by atoms with Crippen molar-refractivity contribution < 1.29 is 0 Å². The maximum Gasteiger partial charge on any atom is 0.0350 e. The fourth-order valence-corrected chi connectivity index (χ4v) is 3.50. The number of halogens is 1. The van der Waals surface area contributed by atoms with Crippen LogP contribution in [0.2, 0.25) is 0 Å². The molecule has 0 aliphatic carbocycles. The topological polar surface area (TPSA) is 12.0 Å². The summed E-state index contributed by atoms with van der Waals surface area (Å²) in [5.41, 5.74) is 4.04. The first-order valence-corrected chi connectivity index (χ1v) is 9.90. The Kier molecular flexibility index (Phi) is 8.70. The molecule has 0 saturated carbocycles. The lowest BCUT2D eigenvalue weighted by atomic mass is 9.85. The number of nitrogens with one attached hydrogen (secondary N) is 1. The van der Waals surface area contributed by atoms with E-state index < -0.39 is 0 Å². The summed E-state index contributed by atoms with van der Waals surface area (Å²) in [7, 11) is 0. The zero-order valence-electron chi connectivity index (χ0n) is 15.0. The highest BCUT2D eigenvalue weighted by molar-refractivity contribution is 14.1. The molecule has 0 heterocycles. The van der Waals surface area contributed by atoms with E-state index in [0.29, 0.717) is 5.92 Å². The molecule has 130 valence electrons. The second-order valence-electron chi connectivity index (χ2n) is 5.73. The minimum absolute atomic E-state index is 0.297. The smallest absolute Gasteiger partial charge is 0.0350 e. The number of benzene rings is 3. The van der Waals surface area contributed by atoms with Crippen molar-refractivity contribution in [2.24, 2.45) is 0 Å². The van der Waals surface area contributed by atoms with Crippen LogP contribution < -0.4 is 5.32 Å². The highest BCUT2D eigenvalue weighted by atomic mass is 127. The van der Waals surface area contributed by atoms with Gasteiger partial charge in [-0.2, -0.15) is 0 Å². The first-order valence-electron chi connectivity index (χ1n) is 8.83. The monoisotopic (exact) mass is 443 g/mol. The van der Waals surface area contributed by atoms with Crippen LogP contribution in [0.1, 0.15) is 36.5 Å². The largest absolute Gasteiger partial charge is 0.317 e. The molecule has 0 aliphatic rings. The zero-order valence-corrected chi connectivity index (χ0v) is 17.1. The van der Waals surface area contributed by atoms with E-state index in [-0.39, 0.29) is 0 Å². The third kappa shape index (κ3) is 5.98. The molecule has 1 nitrogen and oxygen atoms in total. The highest BCUT2D eigenvalue weighted by Gasteiger charge is 2.18. The summed E-state index contributed by atoms with van der Waals surface area (Å²) in [6, 6.07) is 30.0. The Morgan fingerprint density at radius 3 is 1.52 bits per heavy atom. The molecule has 0 amide bonds. The molecule has 1 N–H and O–H groups in total. The normalized spacial score (nSPS) is 10.2. The van der Waals surface area contributed by atoms with Crippen LogP contribution in [0.15, 0.2) is 84.9 Å². The third-order valence-electron chi connectivity index (χ3n) is 3.98. The van der Waals surface area contributed by atoms with Gasteiger partial charge in [0.05, 0.1) is 0 Å². The van der Waals surface area contributed by atoms with Crippen LogP contribution in [0.3, 0.4) is 0 Å². The molecular formula is C23H26IN. The molecule has 2 heteroatoms. The lowest BCUT2D eigenvalue weighted by Crippen LogP contribution is -2.09. The second kappa shape index (κ2) is 11.1. The van der Waals surface area contributed by atoms with Gasteiger partial charge in [0.15, 0.2) is 0 Å². The summed E-state index contributed by atoms with van der Waals surface area (Å²) in [5, 5.41) is 3.11. The average Bonchev–Trinajstić information content (AvgIpc) is 2.67. The van der Waals surface area contributed by atoms with Gasteiger partial charge in [-0.15, -0.1) is 0 Å². The minimum atomic E-state index is 0.297. The van der Waals surface area contributed by atoms with Gasteiger partial charge in [0.25, 0.3) is 0 Å². The van der Waals surface area contributed by atoms with Crippen molar-refractivity contribution in [2.45, 2.75) is 19.8 Å². The van der Waals surface area contributed by atoms with Gasteiger partial charge in [-0.3, -0.25) is 0 Å². The van der Waals surface area contributed by atoms with E-state index in [2.05, 4.69) is 127 Å². The molecule has 3 aromatic carbocycles. The first kappa shape index (κ1) is 19.7. The predicted molar refractivity (Wildman–Crippen MR) is 117 cm³/mol. The van der Waals surface area contributed by atoms with Crippen molar-refractivity contribution >= 4 is 22.6 Å². The summed E-state index contributed by atoms with van der Waals surface area (Å²) in [6.45, 7) is 6.39. The van der Waals surface area contributed by atoms with Crippen LogP contribution >= 0.6 is 22.6 Å². The van der Waals surface area contributed by atoms with E-state index in [4.69, 9.17) is 0 Å². The van der Waals surface area contributed by atoms with Gasteiger partial charge in [-0.05, 0) is 58.4 Å². The number of hydrogen-bond donors (Lipinski definition) is 1. The Balaban J connectivity index is 0.000000399. The fraction of sp³-hybridized carbons (Fsp3) is 0.217. The van der Waals surface area contributed by atoms with Gasteiger partial charge in [0.2, 0.25) is 0 Å².